The Labute approximate surface area is 214 Å². The fraction of sp³-hybridized carbons (Fsp3) is 0.444. The van der Waals surface area contributed by atoms with Gasteiger partial charge in [-0.25, -0.2) is 0 Å². The first-order chi connectivity index (χ1) is 18.0. The average Bonchev–Trinajstić information content (AvgIpc) is 3.46. The van der Waals surface area contributed by atoms with Crippen molar-refractivity contribution in [3.8, 4) is 0 Å². The van der Waals surface area contributed by atoms with E-state index in [-0.39, 0.29) is 30.0 Å². The van der Waals surface area contributed by atoms with Gasteiger partial charge >= 0.3 is 5.97 Å². The van der Waals surface area contributed by atoms with Gasteiger partial charge in [-0.15, -0.1) is 0 Å². The minimum Gasteiger partial charge on any atom is -0.433 e. The zero-order chi connectivity index (χ0) is 25.9. The van der Waals surface area contributed by atoms with Crippen molar-refractivity contribution >= 4 is 34.5 Å². The number of carbonyl (C=O) groups is 4. The molecule has 0 saturated carbocycles. The number of rotatable bonds is 6. The van der Waals surface area contributed by atoms with Crippen LogP contribution in [0.25, 0.3) is 10.8 Å². The molecule has 1 aromatic heterocycles. The number of hydrogen-bond acceptors (Lipinski definition) is 7. The highest BCUT2D eigenvalue weighted by atomic mass is 16.7. The number of aromatic nitrogens is 1. The van der Waals surface area contributed by atoms with Crippen LogP contribution in [0.5, 0.6) is 0 Å². The molecule has 2 saturated heterocycles. The number of nitrogens with one attached hydrogen (secondary N) is 2. The summed E-state index contributed by atoms with van der Waals surface area (Å²) in [4.78, 5) is 57.9. The maximum absolute atomic E-state index is 13.8. The van der Waals surface area contributed by atoms with Crippen LogP contribution in [0.4, 0.5) is 0 Å². The van der Waals surface area contributed by atoms with E-state index in [1.165, 1.54) is 0 Å². The molecule has 2 fully saturated rings. The van der Waals surface area contributed by atoms with Crippen molar-refractivity contribution in [1.82, 2.24) is 20.5 Å². The predicted octanol–water partition coefficient (Wildman–Crippen LogP) is 1.84. The van der Waals surface area contributed by atoms with Crippen LogP contribution in [0, 0.1) is 0 Å². The maximum Gasteiger partial charge on any atom is 0.310 e. The SMILES string of the molecule is CCOC1OC(=O)CC1NC(=O)C1CCC2CC=CCC(NC(=O)c3nccc4ccccc34)C(=O)N21. The molecule has 0 radical (unpaired) electrons. The van der Waals surface area contributed by atoms with Crippen LogP contribution in [0.2, 0.25) is 0 Å². The molecule has 5 rings (SSSR count). The van der Waals surface area contributed by atoms with Gasteiger partial charge in [-0.1, -0.05) is 36.4 Å². The van der Waals surface area contributed by atoms with E-state index in [9.17, 15) is 19.2 Å². The maximum atomic E-state index is 13.8. The van der Waals surface area contributed by atoms with E-state index in [1.807, 2.05) is 42.5 Å². The highest BCUT2D eigenvalue weighted by Gasteiger charge is 2.45. The molecule has 3 aliphatic rings. The van der Waals surface area contributed by atoms with E-state index in [0.29, 0.717) is 37.7 Å². The minimum atomic E-state index is -0.843. The van der Waals surface area contributed by atoms with E-state index >= 15 is 0 Å². The molecular weight excluding hydrogens is 476 g/mol. The van der Waals surface area contributed by atoms with Gasteiger partial charge in [-0.2, -0.15) is 0 Å². The molecule has 4 heterocycles. The number of hydrogen-bond donors (Lipinski definition) is 2. The van der Waals surface area contributed by atoms with Crippen molar-refractivity contribution in [2.45, 2.75) is 69.5 Å². The first-order valence-corrected chi connectivity index (χ1v) is 12.7. The summed E-state index contributed by atoms with van der Waals surface area (Å²) in [5.41, 5.74) is 0.247. The number of pyridine rings is 1. The first kappa shape index (κ1) is 24.9. The molecule has 5 atom stereocenters. The number of carbonyl (C=O) groups excluding carboxylic acids is 4. The Bertz CT molecular complexity index is 1240. The van der Waals surface area contributed by atoms with Gasteiger partial charge in [0.05, 0.1) is 6.42 Å². The van der Waals surface area contributed by atoms with Crippen LogP contribution in [0.3, 0.4) is 0 Å². The van der Waals surface area contributed by atoms with E-state index in [0.717, 1.165) is 5.39 Å². The van der Waals surface area contributed by atoms with Crippen molar-refractivity contribution in [3.63, 3.8) is 0 Å². The third kappa shape index (κ3) is 5.06. The summed E-state index contributed by atoms with van der Waals surface area (Å²) in [5, 5.41) is 7.29. The average molecular weight is 507 g/mol. The van der Waals surface area contributed by atoms with Gasteiger partial charge in [0.15, 0.2) is 0 Å². The molecule has 0 spiro atoms. The second kappa shape index (κ2) is 10.7. The first-order valence-electron chi connectivity index (χ1n) is 12.7. The largest absolute Gasteiger partial charge is 0.433 e. The van der Waals surface area contributed by atoms with Crippen molar-refractivity contribution < 1.29 is 28.7 Å². The monoisotopic (exact) mass is 506 g/mol. The summed E-state index contributed by atoms with van der Waals surface area (Å²) in [6, 6.07) is 6.95. The topological polar surface area (TPSA) is 127 Å². The highest BCUT2D eigenvalue weighted by molar-refractivity contribution is 6.06. The molecule has 2 N–H and O–H groups in total. The summed E-state index contributed by atoms with van der Waals surface area (Å²) in [6.45, 7) is 2.11. The number of ether oxygens (including phenoxy) is 2. The Kier molecular flexibility index (Phi) is 7.18. The number of esters is 1. The lowest BCUT2D eigenvalue weighted by Crippen LogP contribution is -2.57. The van der Waals surface area contributed by atoms with Gasteiger partial charge in [0.1, 0.15) is 23.8 Å². The Morgan fingerprint density at radius 3 is 2.76 bits per heavy atom. The summed E-state index contributed by atoms with van der Waals surface area (Å²) in [7, 11) is 0. The Morgan fingerprint density at radius 2 is 1.92 bits per heavy atom. The predicted molar refractivity (Wildman–Crippen MR) is 133 cm³/mol. The summed E-state index contributed by atoms with van der Waals surface area (Å²) in [5.74, 6) is -1.54. The zero-order valence-electron chi connectivity index (χ0n) is 20.6. The highest BCUT2D eigenvalue weighted by Crippen LogP contribution is 2.30. The summed E-state index contributed by atoms with van der Waals surface area (Å²) in [6.07, 6.45) is 6.73. The lowest BCUT2D eigenvalue weighted by molar-refractivity contribution is -0.164. The van der Waals surface area contributed by atoms with Crippen LogP contribution in [0.15, 0.2) is 48.7 Å². The molecule has 0 aliphatic carbocycles. The van der Waals surface area contributed by atoms with E-state index in [2.05, 4.69) is 15.6 Å². The van der Waals surface area contributed by atoms with E-state index in [1.54, 1.807) is 18.0 Å². The number of fused-ring (bicyclic) bond motifs is 2. The Balaban J connectivity index is 1.33. The molecule has 10 heteroatoms. The number of nitrogens with zero attached hydrogens (tertiary/aromatic N) is 2. The molecule has 2 aromatic rings. The Morgan fingerprint density at radius 1 is 1.11 bits per heavy atom. The Hall–Kier alpha value is -3.79. The second-order valence-electron chi connectivity index (χ2n) is 9.47. The normalized spacial score (nSPS) is 27.4. The second-order valence-corrected chi connectivity index (χ2v) is 9.47. The molecular formula is C27H30N4O6. The van der Waals surface area contributed by atoms with Crippen molar-refractivity contribution in [1.29, 1.82) is 0 Å². The number of benzene rings is 1. The zero-order valence-corrected chi connectivity index (χ0v) is 20.6. The van der Waals surface area contributed by atoms with Gasteiger partial charge in [-0.3, -0.25) is 24.2 Å². The molecule has 0 bridgehead atoms. The number of cyclic esters (lactones) is 1. The van der Waals surface area contributed by atoms with Gasteiger partial charge in [0, 0.05) is 24.2 Å². The van der Waals surface area contributed by atoms with Gasteiger partial charge < -0.3 is 25.0 Å². The summed E-state index contributed by atoms with van der Waals surface area (Å²) >= 11 is 0. The van der Waals surface area contributed by atoms with E-state index in [4.69, 9.17) is 9.47 Å². The van der Waals surface area contributed by atoms with Crippen LogP contribution < -0.4 is 10.6 Å². The minimum absolute atomic E-state index is 0.0138. The molecule has 194 valence electrons. The van der Waals surface area contributed by atoms with Gasteiger partial charge in [-0.05, 0) is 44.1 Å². The smallest absolute Gasteiger partial charge is 0.310 e. The van der Waals surface area contributed by atoms with Crippen LogP contribution in [-0.4, -0.2) is 70.6 Å². The van der Waals surface area contributed by atoms with Crippen molar-refractivity contribution in [2.75, 3.05) is 6.61 Å². The number of amides is 3. The lowest BCUT2D eigenvalue weighted by Gasteiger charge is -2.34. The van der Waals surface area contributed by atoms with Gasteiger partial charge in [0.25, 0.3) is 5.91 Å². The van der Waals surface area contributed by atoms with Crippen molar-refractivity contribution in [3.05, 3.63) is 54.4 Å². The standard InChI is InChI=1S/C27H30N4O6/c1-2-36-27-20(15-22(32)37-27)30-24(33)21-12-11-17-8-4-6-10-19(26(35)31(17)21)29-25(34)23-18-9-5-3-7-16(18)13-14-28-23/h3-7,9,13-14,17,19-21,27H,2,8,10-12,15H2,1H3,(H,29,34)(H,30,33). The van der Waals surface area contributed by atoms with Crippen molar-refractivity contribution in [2.24, 2.45) is 0 Å². The van der Waals surface area contributed by atoms with Crippen LogP contribution in [0.1, 0.15) is 49.5 Å². The fourth-order valence-electron chi connectivity index (χ4n) is 5.37. The molecule has 10 nitrogen and oxygen atoms in total. The molecule has 3 aliphatic heterocycles. The molecule has 5 unspecified atom stereocenters. The van der Waals surface area contributed by atoms with Crippen LogP contribution in [-0.2, 0) is 23.9 Å². The fourth-order valence-corrected chi connectivity index (χ4v) is 5.37. The molecule has 3 amide bonds. The lowest BCUT2D eigenvalue weighted by atomic mass is 10.0. The third-order valence-corrected chi connectivity index (χ3v) is 7.12. The summed E-state index contributed by atoms with van der Waals surface area (Å²) < 4.78 is 10.6. The van der Waals surface area contributed by atoms with Gasteiger partial charge in [0.2, 0.25) is 18.1 Å². The third-order valence-electron chi connectivity index (χ3n) is 7.12. The quantitative estimate of drug-likeness (QED) is 0.452. The van der Waals surface area contributed by atoms with E-state index < -0.39 is 36.3 Å². The van der Waals surface area contributed by atoms with Crippen LogP contribution >= 0.6 is 0 Å². The molecule has 1 aromatic carbocycles. The molecule has 37 heavy (non-hydrogen) atoms.